The van der Waals surface area contributed by atoms with Crippen molar-refractivity contribution in [2.24, 2.45) is 10.9 Å². The third-order valence-corrected chi connectivity index (χ3v) is 0.637. The Morgan fingerprint density at radius 1 is 1.71 bits per heavy atom. The first-order valence-electron chi connectivity index (χ1n) is 1.93. The van der Waals surface area contributed by atoms with Gasteiger partial charge < -0.3 is 0 Å². The van der Waals surface area contributed by atoms with Gasteiger partial charge in [-0.1, -0.05) is 0 Å². The van der Waals surface area contributed by atoms with Gasteiger partial charge in [0, 0.05) is 0 Å². The van der Waals surface area contributed by atoms with Crippen molar-refractivity contribution in [3.63, 3.8) is 0 Å². The zero-order valence-electron chi connectivity index (χ0n) is 4.46. The maximum Gasteiger partial charge on any atom is 0.195 e. The average Bonchev–Trinajstić information content (AvgIpc) is 1.65. The van der Waals surface area contributed by atoms with Gasteiger partial charge in [-0.05, 0) is 19.3 Å². The summed E-state index contributed by atoms with van der Waals surface area (Å²) in [5, 5.41) is 2.54. The van der Waals surface area contributed by atoms with Gasteiger partial charge in [-0.15, -0.1) is 4.91 Å². The van der Waals surface area contributed by atoms with Crippen molar-refractivity contribution in [3.05, 3.63) is 4.91 Å². The van der Waals surface area contributed by atoms with E-state index in [0.29, 0.717) is 0 Å². The van der Waals surface area contributed by atoms with Gasteiger partial charge in [-0.2, -0.15) is 0 Å². The van der Waals surface area contributed by atoms with Crippen LogP contribution in [0.5, 0.6) is 0 Å². The second kappa shape index (κ2) is 2.65. The number of hydrogen-bond donors (Lipinski definition) is 1. The molecule has 0 bridgehead atoms. The first-order valence-corrected chi connectivity index (χ1v) is 1.93. The first kappa shape index (κ1) is 6.52. The van der Waals surface area contributed by atoms with Gasteiger partial charge in [0.25, 0.3) is 0 Å². The lowest BCUT2D eigenvalue weighted by atomic mass is 10.8. The SMILES string of the molecule is CN(C)C(N)N=O. The maximum absolute atomic E-state index is 9.53. The predicted octanol–water partition coefficient (Wildman–Crippen LogP) is -0.443. The summed E-state index contributed by atoms with van der Waals surface area (Å²) >= 11 is 0. The molecule has 0 aromatic rings. The molecule has 2 N–H and O–H groups in total. The Kier molecular flexibility index (Phi) is 2.47. The molecule has 0 spiro atoms. The van der Waals surface area contributed by atoms with Gasteiger partial charge in [-0.25, -0.2) is 0 Å². The van der Waals surface area contributed by atoms with Crippen LogP contribution in [0.4, 0.5) is 0 Å². The maximum atomic E-state index is 9.53. The quantitative estimate of drug-likeness (QED) is 0.380. The van der Waals surface area contributed by atoms with Crippen LogP contribution in [0.2, 0.25) is 0 Å². The molecule has 0 aromatic carbocycles. The van der Waals surface area contributed by atoms with Crippen molar-refractivity contribution in [3.8, 4) is 0 Å². The molecule has 0 aliphatic carbocycles. The van der Waals surface area contributed by atoms with E-state index in [4.69, 9.17) is 5.73 Å². The van der Waals surface area contributed by atoms with E-state index in [1.54, 1.807) is 14.1 Å². The summed E-state index contributed by atoms with van der Waals surface area (Å²) in [4.78, 5) is 11.1. The van der Waals surface area contributed by atoms with E-state index in [0.717, 1.165) is 0 Å². The standard InChI is InChI=1S/C3H9N3O/c1-6(2)3(4)5-7/h3H,4H2,1-2H3. The molecule has 0 aliphatic rings. The van der Waals surface area contributed by atoms with E-state index in [1.165, 1.54) is 4.90 Å². The summed E-state index contributed by atoms with van der Waals surface area (Å²) in [6, 6.07) is 0. The minimum atomic E-state index is -0.694. The Bertz CT molecular complexity index is 63.2. The number of nitroso groups, excluding NO2 is 1. The lowest BCUT2D eigenvalue weighted by molar-refractivity contribution is 0.308. The summed E-state index contributed by atoms with van der Waals surface area (Å²) in [7, 11) is 3.37. The molecule has 42 valence electrons. The zero-order valence-corrected chi connectivity index (χ0v) is 4.46. The Hall–Kier alpha value is -0.480. The Balaban J connectivity index is 3.33. The van der Waals surface area contributed by atoms with Gasteiger partial charge in [0.2, 0.25) is 0 Å². The molecule has 0 rings (SSSR count). The highest BCUT2D eigenvalue weighted by molar-refractivity contribution is 4.48. The summed E-state index contributed by atoms with van der Waals surface area (Å²) in [5.74, 6) is 0. The van der Waals surface area contributed by atoms with Crippen molar-refractivity contribution in [1.29, 1.82) is 0 Å². The molecule has 0 aromatic heterocycles. The zero-order chi connectivity index (χ0) is 5.86. The molecule has 7 heavy (non-hydrogen) atoms. The number of nitrogens with zero attached hydrogens (tertiary/aromatic N) is 2. The van der Waals surface area contributed by atoms with Crippen molar-refractivity contribution in [1.82, 2.24) is 4.90 Å². The van der Waals surface area contributed by atoms with Gasteiger partial charge in [-0.3, -0.25) is 10.6 Å². The molecule has 0 aliphatic heterocycles. The normalized spacial score (nSPS) is 14.3. The highest BCUT2D eigenvalue weighted by Crippen LogP contribution is 1.80. The summed E-state index contributed by atoms with van der Waals surface area (Å²) in [5.41, 5.74) is 5.06. The fraction of sp³-hybridized carbons (Fsp3) is 1.00. The lowest BCUT2D eigenvalue weighted by Crippen LogP contribution is -2.33. The number of rotatable bonds is 2. The van der Waals surface area contributed by atoms with E-state index in [1.807, 2.05) is 0 Å². The fourth-order valence-electron chi connectivity index (χ4n) is 0.0943. The first-order chi connectivity index (χ1) is 3.18. The highest BCUT2D eigenvalue weighted by atomic mass is 16.3. The van der Waals surface area contributed by atoms with Gasteiger partial charge >= 0.3 is 0 Å². The smallest absolute Gasteiger partial charge is 0.195 e. The summed E-state index contributed by atoms with van der Waals surface area (Å²) in [6.45, 7) is 0. The second-order valence-electron chi connectivity index (χ2n) is 1.48. The molecular weight excluding hydrogens is 94.1 g/mol. The minimum absolute atomic E-state index is 0.694. The second-order valence-corrected chi connectivity index (χ2v) is 1.48. The van der Waals surface area contributed by atoms with E-state index in [-0.39, 0.29) is 0 Å². The largest absolute Gasteiger partial charge is 0.294 e. The Morgan fingerprint density at radius 3 is 2.14 bits per heavy atom. The van der Waals surface area contributed by atoms with Crippen LogP contribution in [-0.4, -0.2) is 25.3 Å². The van der Waals surface area contributed by atoms with Crippen LogP contribution in [-0.2, 0) is 0 Å². The van der Waals surface area contributed by atoms with Crippen LogP contribution in [0, 0.1) is 4.91 Å². The minimum Gasteiger partial charge on any atom is -0.294 e. The van der Waals surface area contributed by atoms with Crippen LogP contribution in [0.15, 0.2) is 5.18 Å². The number of hydrogen-bond acceptors (Lipinski definition) is 4. The van der Waals surface area contributed by atoms with Crippen molar-refractivity contribution < 1.29 is 0 Å². The number of nitrogens with two attached hydrogens (primary N) is 1. The molecule has 4 nitrogen and oxygen atoms in total. The van der Waals surface area contributed by atoms with Gasteiger partial charge in [0.1, 0.15) is 0 Å². The van der Waals surface area contributed by atoms with Crippen LogP contribution in [0.1, 0.15) is 0 Å². The van der Waals surface area contributed by atoms with Gasteiger partial charge in [0.05, 0.1) is 0 Å². The van der Waals surface area contributed by atoms with Crippen LogP contribution >= 0.6 is 0 Å². The highest BCUT2D eigenvalue weighted by Gasteiger charge is 1.99. The topological polar surface area (TPSA) is 58.7 Å². The van der Waals surface area contributed by atoms with Crippen molar-refractivity contribution in [2.45, 2.75) is 6.29 Å². The molecule has 1 unspecified atom stereocenters. The Morgan fingerprint density at radius 2 is 2.14 bits per heavy atom. The summed E-state index contributed by atoms with van der Waals surface area (Å²) in [6.07, 6.45) is -0.694. The third-order valence-electron chi connectivity index (χ3n) is 0.637. The molecule has 1 atom stereocenters. The molecule has 4 heteroatoms. The molecular formula is C3H9N3O. The monoisotopic (exact) mass is 103 g/mol. The molecule has 0 heterocycles. The van der Waals surface area contributed by atoms with Crippen LogP contribution in [0.25, 0.3) is 0 Å². The van der Waals surface area contributed by atoms with E-state index in [2.05, 4.69) is 5.18 Å². The van der Waals surface area contributed by atoms with Crippen molar-refractivity contribution >= 4 is 0 Å². The molecule has 0 saturated heterocycles. The third kappa shape index (κ3) is 2.24. The predicted molar refractivity (Wildman–Crippen MR) is 27.5 cm³/mol. The average molecular weight is 103 g/mol. The van der Waals surface area contributed by atoms with Crippen molar-refractivity contribution in [2.75, 3.05) is 14.1 Å². The summed E-state index contributed by atoms with van der Waals surface area (Å²) < 4.78 is 0. The van der Waals surface area contributed by atoms with Gasteiger partial charge in [0.15, 0.2) is 6.29 Å². The molecule has 0 saturated carbocycles. The van der Waals surface area contributed by atoms with E-state index < -0.39 is 6.29 Å². The molecule has 0 radical (unpaired) electrons. The molecule has 0 amide bonds. The van der Waals surface area contributed by atoms with Crippen LogP contribution < -0.4 is 5.73 Å². The fourth-order valence-corrected chi connectivity index (χ4v) is 0.0943. The Labute approximate surface area is 42.3 Å². The van der Waals surface area contributed by atoms with E-state index >= 15 is 0 Å². The molecule has 0 fully saturated rings. The van der Waals surface area contributed by atoms with Crippen LogP contribution in [0.3, 0.4) is 0 Å². The lowest BCUT2D eigenvalue weighted by Gasteiger charge is -2.09. The van der Waals surface area contributed by atoms with E-state index in [9.17, 15) is 4.91 Å².